The summed E-state index contributed by atoms with van der Waals surface area (Å²) < 4.78 is 5.39. The predicted molar refractivity (Wildman–Crippen MR) is 74.0 cm³/mol. The number of ether oxygens (including phenoxy) is 1. The molecule has 0 aromatic heterocycles. The van der Waals surface area contributed by atoms with Crippen molar-refractivity contribution >= 4 is 11.7 Å². The Morgan fingerprint density at radius 3 is 2.42 bits per heavy atom. The molecule has 1 N–H and O–H groups in total. The molecule has 0 spiro atoms. The molecule has 1 heterocycles. The summed E-state index contributed by atoms with van der Waals surface area (Å²) in [5.41, 5.74) is 0. The minimum Gasteiger partial charge on any atom is -0.375 e. The van der Waals surface area contributed by atoms with Gasteiger partial charge in [0.2, 0.25) is 5.78 Å². The fourth-order valence-corrected chi connectivity index (χ4v) is 2.23. The fraction of sp³-hybridized carbons (Fsp3) is 0.857. The Kier molecular flexibility index (Phi) is 6.45. The molecule has 0 aromatic carbocycles. The molecule has 1 atom stereocenters. The molecule has 0 aromatic rings. The Bertz CT molecular complexity index is 312. The minimum atomic E-state index is -0.373. The van der Waals surface area contributed by atoms with Crippen LogP contribution in [0.5, 0.6) is 0 Å². The second kappa shape index (κ2) is 7.60. The first-order chi connectivity index (χ1) is 8.99. The lowest BCUT2D eigenvalue weighted by atomic mass is 10.0. The van der Waals surface area contributed by atoms with Gasteiger partial charge in [-0.15, -0.1) is 0 Å². The van der Waals surface area contributed by atoms with E-state index >= 15 is 0 Å². The highest BCUT2D eigenvalue weighted by Gasteiger charge is 2.36. The highest BCUT2D eigenvalue weighted by Crippen LogP contribution is 2.13. The number of rotatable bonds is 8. The topological polar surface area (TPSA) is 58.6 Å². The summed E-state index contributed by atoms with van der Waals surface area (Å²) >= 11 is 0. The Labute approximate surface area is 115 Å². The summed E-state index contributed by atoms with van der Waals surface area (Å²) in [7, 11) is 0. The first kappa shape index (κ1) is 16.1. The number of hydrogen-bond acceptors (Lipinski definition) is 4. The quantitative estimate of drug-likeness (QED) is 0.668. The molecule has 0 bridgehead atoms. The Morgan fingerprint density at radius 2 is 1.95 bits per heavy atom. The van der Waals surface area contributed by atoms with Gasteiger partial charge in [0.25, 0.3) is 5.91 Å². The number of hydrogen-bond donors (Lipinski definition) is 1. The monoisotopic (exact) mass is 270 g/mol. The zero-order valence-electron chi connectivity index (χ0n) is 12.4. The summed E-state index contributed by atoms with van der Waals surface area (Å²) in [4.78, 5) is 25.8. The number of nitrogens with zero attached hydrogens (tertiary/aromatic N) is 1. The van der Waals surface area contributed by atoms with Crippen LogP contribution in [0, 0.1) is 0 Å². The van der Waals surface area contributed by atoms with Crippen LogP contribution in [0.3, 0.4) is 0 Å². The van der Waals surface area contributed by atoms with Crippen molar-refractivity contribution in [2.75, 3.05) is 19.7 Å². The van der Waals surface area contributed by atoms with E-state index in [-0.39, 0.29) is 29.9 Å². The summed E-state index contributed by atoms with van der Waals surface area (Å²) in [6, 6.07) is -0.162. The van der Waals surface area contributed by atoms with E-state index < -0.39 is 0 Å². The van der Waals surface area contributed by atoms with Crippen LogP contribution in [0.1, 0.15) is 40.5 Å². The van der Waals surface area contributed by atoms with Gasteiger partial charge in [-0.1, -0.05) is 27.2 Å². The maximum Gasteiger partial charge on any atom is 0.291 e. The highest BCUT2D eigenvalue weighted by atomic mass is 16.5. The summed E-state index contributed by atoms with van der Waals surface area (Å²) in [5.74, 6) is -0.687. The lowest BCUT2D eigenvalue weighted by Gasteiger charge is -2.38. The van der Waals surface area contributed by atoms with Gasteiger partial charge in [-0.25, -0.2) is 0 Å². The van der Waals surface area contributed by atoms with Crippen molar-refractivity contribution in [2.24, 2.45) is 0 Å². The third-order valence-corrected chi connectivity index (χ3v) is 3.18. The molecule has 5 heteroatoms. The van der Waals surface area contributed by atoms with Crippen LogP contribution < -0.4 is 5.32 Å². The van der Waals surface area contributed by atoms with Crippen LogP contribution >= 0.6 is 0 Å². The molecule has 0 saturated carbocycles. The van der Waals surface area contributed by atoms with Crippen molar-refractivity contribution < 1.29 is 14.3 Å². The Hall–Kier alpha value is -0.940. The average Bonchev–Trinajstić information content (AvgIpc) is 2.30. The number of carbonyl (C=O) groups excluding carboxylic acids is 2. The molecular formula is C14H26N2O3. The van der Waals surface area contributed by atoms with Gasteiger partial charge >= 0.3 is 0 Å². The van der Waals surface area contributed by atoms with Crippen LogP contribution in [0.4, 0.5) is 0 Å². The van der Waals surface area contributed by atoms with Crippen molar-refractivity contribution in [1.29, 1.82) is 0 Å². The summed E-state index contributed by atoms with van der Waals surface area (Å²) in [6.45, 7) is 9.64. The number of nitrogens with one attached hydrogen (secondary N) is 1. The van der Waals surface area contributed by atoms with Crippen LogP contribution in [0.2, 0.25) is 0 Å². The number of amides is 1. The number of Topliss-reactive ketones (excluding diaryl/α,β-unsaturated/α-hetero) is 1. The van der Waals surface area contributed by atoms with Crippen LogP contribution in [0.15, 0.2) is 0 Å². The summed E-state index contributed by atoms with van der Waals surface area (Å²) in [6.07, 6.45) is 1.68. The fourth-order valence-electron chi connectivity index (χ4n) is 2.23. The van der Waals surface area contributed by atoms with Crippen molar-refractivity contribution in [1.82, 2.24) is 10.2 Å². The van der Waals surface area contributed by atoms with Gasteiger partial charge in [-0.2, -0.15) is 0 Å². The molecule has 0 aliphatic carbocycles. The lowest BCUT2D eigenvalue weighted by molar-refractivity contribution is -0.154. The van der Waals surface area contributed by atoms with Gasteiger partial charge in [0.05, 0.1) is 12.1 Å². The third kappa shape index (κ3) is 4.58. The number of ketones is 1. The molecule has 1 aliphatic rings. The Morgan fingerprint density at radius 1 is 1.32 bits per heavy atom. The largest absolute Gasteiger partial charge is 0.375 e. The molecule has 1 rings (SSSR count). The van der Waals surface area contributed by atoms with E-state index in [1.165, 1.54) is 0 Å². The summed E-state index contributed by atoms with van der Waals surface area (Å²) in [5, 5.41) is 3.17. The van der Waals surface area contributed by atoms with Crippen LogP contribution in [-0.2, 0) is 14.3 Å². The van der Waals surface area contributed by atoms with Gasteiger partial charge in [0, 0.05) is 25.7 Å². The zero-order chi connectivity index (χ0) is 14.4. The standard InChI is InChI=1S/C14H26N2O3/c1-5-7-12(15-10(3)4)13(17)14(18)16-8-11(9-16)19-6-2/h10-12,15H,5-9H2,1-4H3. The SMILES string of the molecule is CCCC(NC(C)C)C(=O)C(=O)N1CC(OCC)C1. The first-order valence-electron chi connectivity index (χ1n) is 7.20. The normalized spacial score (nSPS) is 17.4. The minimum absolute atomic E-state index is 0.101. The van der Waals surface area contributed by atoms with E-state index in [9.17, 15) is 9.59 Å². The molecule has 1 saturated heterocycles. The molecule has 1 unspecified atom stereocenters. The first-order valence-corrected chi connectivity index (χ1v) is 7.20. The lowest BCUT2D eigenvalue weighted by Crippen LogP contribution is -2.59. The van der Waals surface area contributed by atoms with E-state index in [2.05, 4.69) is 5.32 Å². The van der Waals surface area contributed by atoms with Crippen LogP contribution in [0.25, 0.3) is 0 Å². The molecule has 1 amide bonds. The molecule has 1 aliphatic heterocycles. The number of carbonyl (C=O) groups is 2. The van der Waals surface area contributed by atoms with E-state index in [1.807, 2.05) is 27.7 Å². The molecule has 19 heavy (non-hydrogen) atoms. The maximum atomic E-state index is 12.2. The molecule has 1 fully saturated rings. The van der Waals surface area contributed by atoms with Crippen molar-refractivity contribution in [3.05, 3.63) is 0 Å². The van der Waals surface area contributed by atoms with Crippen molar-refractivity contribution in [2.45, 2.75) is 58.7 Å². The molecule has 5 nitrogen and oxygen atoms in total. The molecule has 0 radical (unpaired) electrons. The third-order valence-electron chi connectivity index (χ3n) is 3.18. The van der Waals surface area contributed by atoms with Gasteiger partial charge < -0.3 is 15.0 Å². The number of likely N-dealkylation sites (tertiary alicyclic amines) is 1. The maximum absolute atomic E-state index is 12.2. The smallest absolute Gasteiger partial charge is 0.291 e. The average molecular weight is 270 g/mol. The molecule has 110 valence electrons. The predicted octanol–water partition coefficient (Wildman–Crippen LogP) is 0.970. The van der Waals surface area contributed by atoms with E-state index in [4.69, 9.17) is 4.74 Å². The van der Waals surface area contributed by atoms with Crippen molar-refractivity contribution in [3.8, 4) is 0 Å². The van der Waals surface area contributed by atoms with Gasteiger partial charge in [-0.3, -0.25) is 9.59 Å². The highest BCUT2D eigenvalue weighted by molar-refractivity contribution is 6.38. The van der Waals surface area contributed by atoms with E-state index in [0.29, 0.717) is 26.1 Å². The molecular weight excluding hydrogens is 244 g/mol. The van der Waals surface area contributed by atoms with E-state index in [0.717, 1.165) is 6.42 Å². The van der Waals surface area contributed by atoms with Crippen LogP contribution in [-0.4, -0.2) is 54.5 Å². The second-order valence-corrected chi connectivity index (χ2v) is 5.31. The van der Waals surface area contributed by atoms with E-state index in [1.54, 1.807) is 4.90 Å². The second-order valence-electron chi connectivity index (χ2n) is 5.31. The van der Waals surface area contributed by atoms with Gasteiger partial charge in [-0.05, 0) is 13.3 Å². The zero-order valence-corrected chi connectivity index (χ0v) is 12.4. The van der Waals surface area contributed by atoms with Gasteiger partial charge in [0.1, 0.15) is 0 Å². The van der Waals surface area contributed by atoms with Gasteiger partial charge in [0.15, 0.2) is 0 Å². The Balaban J connectivity index is 2.48. The van der Waals surface area contributed by atoms with Crippen molar-refractivity contribution in [3.63, 3.8) is 0 Å².